The number of nitrogens with zero attached hydrogens (tertiary/aromatic N) is 2. The summed E-state index contributed by atoms with van der Waals surface area (Å²) in [6.07, 6.45) is 2.09. The molecule has 1 amide bonds. The molecule has 8 heteroatoms. The number of rotatable bonds is 10. The highest BCUT2D eigenvalue weighted by Crippen LogP contribution is 2.22. The van der Waals surface area contributed by atoms with Gasteiger partial charge in [0.2, 0.25) is 0 Å². The van der Waals surface area contributed by atoms with E-state index < -0.39 is 0 Å². The third kappa shape index (κ3) is 8.43. The summed E-state index contributed by atoms with van der Waals surface area (Å²) in [7, 11) is 0. The number of guanidine groups is 1. The van der Waals surface area contributed by atoms with Gasteiger partial charge in [-0.2, -0.15) is 0 Å². The zero-order valence-electron chi connectivity index (χ0n) is 17.4. The Morgan fingerprint density at radius 3 is 2.41 bits per heavy atom. The average Bonchev–Trinajstić information content (AvgIpc) is 3.19. The molecule has 0 saturated carbocycles. The van der Waals surface area contributed by atoms with Gasteiger partial charge in [0.25, 0.3) is 5.91 Å². The largest absolute Gasteiger partial charge is 0.359 e. The molecule has 0 atom stereocenters. The number of carbonyl (C=O) groups excluding carboxylic acids is 1. The van der Waals surface area contributed by atoms with Gasteiger partial charge in [-0.05, 0) is 31.9 Å². The van der Waals surface area contributed by atoms with Crippen LogP contribution in [0.3, 0.4) is 0 Å². The van der Waals surface area contributed by atoms with Crippen molar-refractivity contribution in [3.63, 3.8) is 0 Å². The second kappa shape index (κ2) is 14.0. The van der Waals surface area contributed by atoms with Crippen LogP contribution in [0.2, 0.25) is 0 Å². The fourth-order valence-corrected chi connectivity index (χ4v) is 2.85. The van der Waals surface area contributed by atoms with Crippen LogP contribution >= 0.6 is 24.0 Å². The minimum absolute atomic E-state index is 0. The van der Waals surface area contributed by atoms with Gasteiger partial charge in [-0.3, -0.25) is 4.79 Å². The average molecular weight is 513 g/mol. The number of benzene rings is 1. The van der Waals surface area contributed by atoms with Crippen LogP contribution in [0.15, 0.2) is 45.9 Å². The first-order chi connectivity index (χ1) is 13.7. The molecule has 1 aromatic carbocycles. The lowest BCUT2D eigenvalue weighted by atomic mass is 9.99. The van der Waals surface area contributed by atoms with Gasteiger partial charge in [-0.15, -0.1) is 24.0 Å². The standard InChI is InChI=1S/C21H31N5O2.HI/c1-4-16(5-2)19-14-18(28-26-19)15-25-21(22-6-3)24-13-12-23-20(27)17-10-8-7-9-11-17;/h7-11,14,16H,4-6,12-13,15H2,1-3H3,(H,23,27)(H2,22,24,25);1H. The number of aromatic nitrogens is 1. The lowest BCUT2D eigenvalue weighted by Gasteiger charge is -2.11. The van der Waals surface area contributed by atoms with E-state index in [0.29, 0.717) is 37.1 Å². The summed E-state index contributed by atoms with van der Waals surface area (Å²) in [5.74, 6) is 1.77. The Kier molecular flexibility index (Phi) is 12.0. The number of aliphatic imine (C=N–C) groups is 1. The van der Waals surface area contributed by atoms with Crippen LogP contribution in [0.25, 0.3) is 0 Å². The van der Waals surface area contributed by atoms with Crippen LogP contribution in [0.1, 0.15) is 61.3 Å². The third-order valence-electron chi connectivity index (χ3n) is 4.46. The monoisotopic (exact) mass is 513 g/mol. The van der Waals surface area contributed by atoms with Gasteiger partial charge in [0.05, 0.1) is 5.69 Å². The van der Waals surface area contributed by atoms with Crippen molar-refractivity contribution in [3.05, 3.63) is 53.4 Å². The molecular formula is C21H32IN5O2. The van der Waals surface area contributed by atoms with E-state index in [2.05, 4.69) is 39.9 Å². The van der Waals surface area contributed by atoms with Crippen LogP contribution in [0.5, 0.6) is 0 Å². The summed E-state index contributed by atoms with van der Waals surface area (Å²) in [5, 5.41) is 13.5. The van der Waals surface area contributed by atoms with Gasteiger partial charge < -0.3 is 20.5 Å². The molecule has 0 aliphatic heterocycles. The molecule has 1 aromatic heterocycles. The fourth-order valence-electron chi connectivity index (χ4n) is 2.85. The molecule has 0 spiro atoms. The number of carbonyl (C=O) groups is 1. The van der Waals surface area contributed by atoms with E-state index in [-0.39, 0.29) is 29.9 Å². The maximum absolute atomic E-state index is 12.0. The Morgan fingerprint density at radius 1 is 1.07 bits per heavy atom. The van der Waals surface area contributed by atoms with E-state index in [4.69, 9.17) is 4.52 Å². The highest BCUT2D eigenvalue weighted by atomic mass is 127. The summed E-state index contributed by atoms with van der Waals surface area (Å²) >= 11 is 0. The van der Waals surface area contributed by atoms with E-state index >= 15 is 0 Å². The zero-order chi connectivity index (χ0) is 20.2. The zero-order valence-corrected chi connectivity index (χ0v) is 19.7. The molecule has 29 heavy (non-hydrogen) atoms. The minimum Gasteiger partial charge on any atom is -0.359 e. The predicted molar refractivity (Wildman–Crippen MR) is 127 cm³/mol. The maximum atomic E-state index is 12.0. The van der Waals surface area contributed by atoms with Crippen molar-refractivity contribution in [2.45, 2.75) is 46.1 Å². The van der Waals surface area contributed by atoms with Crippen molar-refractivity contribution in [2.24, 2.45) is 4.99 Å². The van der Waals surface area contributed by atoms with Crippen LogP contribution in [0, 0.1) is 0 Å². The van der Waals surface area contributed by atoms with Gasteiger partial charge >= 0.3 is 0 Å². The normalized spacial score (nSPS) is 11.1. The molecule has 0 aliphatic rings. The highest BCUT2D eigenvalue weighted by molar-refractivity contribution is 14.0. The Morgan fingerprint density at radius 2 is 1.76 bits per heavy atom. The molecule has 2 rings (SSSR count). The smallest absolute Gasteiger partial charge is 0.251 e. The third-order valence-corrected chi connectivity index (χ3v) is 4.46. The molecule has 1 heterocycles. The van der Waals surface area contributed by atoms with Crippen LogP contribution in [0.4, 0.5) is 0 Å². The Bertz CT molecular complexity index is 745. The fraction of sp³-hybridized carbons (Fsp3) is 0.476. The molecule has 0 saturated heterocycles. The number of halogens is 1. The molecule has 0 unspecified atom stereocenters. The molecule has 2 aromatic rings. The topological polar surface area (TPSA) is 91.6 Å². The predicted octanol–water partition coefficient (Wildman–Crippen LogP) is 3.68. The molecule has 7 nitrogen and oxygen atoms in total. The first-order valence-electron chi connectivity index (χ1n) is 9.98. The van der Waals surface area contributed by atoms with Gasteiger partial charge in [-0.1, -0.05) is 37.2 Å². The first kappa shape index (κ1) is 24.9. The van der Waals surface area contributed by atoms with Crippen molar-refractivity contribution >= 4 is 35.8 Å². The Labute approximate surface area is 190 Å². The Hall–Kier alpha value is -2.10. The first-order valence-corrected chi connectivity index (χ1v) is 9.98. The number of hydrogen-bond donors (Lipinski definition) is 3. The van der Waals surface area contributed by atoms with Gasteiger partial charge in [0.1, 0.15) is 6.54 Å². The number of nitrogens with one attached hydrogen (secondary N) is 3. The molecule has 3 N–H and O–H groups in total. The van der Waals surface area contributed by atoms with E-state index in [0.717, 1.165) is 30.8 Å². The molecule has 0 bridgehead atoms. The Balaban J connectivity index is 0.00000420. The summed E-state index contributed by atoms with van der Waals surface area (Å²) < 4.78 is 5.41. The number of amides is 1. The van der Waals surface area contributed by atoms with Crippen molar-refractivity contribution < 1.29 is 9.32 Å². The molecule has 160 valence electrons. The highest BCUT2D eigenvalue weighted by Gasteiger charge is 2.12. The molecule has 0 radical (unpaired) electrons. The second-order valence-corrected chi connectivity index (χ2v) is 6.48. The van der Waals surface area contributed by atoms with Crippen molar-refractivity contribution in [1.29, 1.82) is 0 Å². The van der Waals surface area contributed by atoms with E-state index in [1.54, 1.807) is 12.1 Å². The van der Waals surface area contributed by atoms with Crippen LogP contribution in [-0.2, 0) is 6.54 Å². The van der Waals surface area contributed by atoms with Gasteiger partial charge in [-0.25, -0.2) is 4.99 Å². The molecular weight excluding hydrogens is 481 g/mol. The second-order valence-electron chi connectivity index (χ2n) is 6.48. The van der Waals surface area contributed by atoms with E-state index in [1.165, 1.54) is 0 Å². The quantitative estimate of drug-likeness (QED) is 0.195. The van der Waals surface area contributed by atoms with Crippen molar-refractivity contribution in [2.75, 3.05) is 19.6 Å². The maximum Gasteiger partial charge on any atom is 0.251 e. The van der Waals surface area contributed by atoms with E-state index in [1.807, 2.05) is 31.2 Å². The van der Waals surface area contributed by atoms with Crippen LogP contribution < -0.4 is 16.0 Å². The van der Waals surface area contributed by atoms with Gasteiger partial charge in [0.15, 0.2) is 11.7 Å². The summed E-state index contributed by atoms with van der Waals surface area (Å²) in [6.45, 7) is 8.55. The lowest BCUT2D eigenvalue weighted by molar-refractivity contribution is 0.0954. The van der Waals surface area contributed by atoms with E-state index in [9.17, 15) is 4.79 Å². The minimum atomic E-state index is -0.0834. The summed E-state index contributed by atoms with van der Waals surface area (Å²) in [6, 6.07) is 11.2. The van der Waals surface area contributed by atoms with Crippen LogP contribution in [-0.4, -0.2) is 36.7 Å². The molecule has 0 aliphatic carbocycles. The van der Waals surface area contributed by atoms with Gasteiger partial charge in [0, 0.05) is 37.2 Å². The lowest BCUT2D eigenvalue weighted by Crippen LogP contribution is -2.41. The summed E-state index contributed by atoms with van der Waals surface area (Å²) in [5.41, 5.74) is 1.65. The molecule has 0 fully saturated rings. The SMILES string of the molecule is CCNC(=NCc1cc(C(CC)CC)no1)NCCNC(=O)c1ccccc1.I. The van der Waals surface area contributed by atoms with Crippen molar-refractivity contribution in [3.8, 4) is 0 Å². The number of hydrogen-bond acceptors (Lipinski definition) is 4. The van der Waals surface area contributed by atoms with Crippen molar-refractivity contribution in [1.82, 2.24) is 21.1 Å². The summed E-state index contributed by atoms with van der Waals surface area (Å²) in [4.78, 5) is 16.6.